The molecule has 0 aliphatic rings. The third-order valence-corrected chi connectivity index (χ3v) is 1.92. The van der Waals surface area contributed by atoms with Crippen molar-refractivity contribution >= 4 is 11.8 Å². The van der Waals surface area contributed by atoms with E-state index in [-0.39, 0.29) is 0 Å². The summed E-state index contributed by atoms with van der Waals surface area (Å²) in [5.74, 6) is -0.542. The maximum Gasteiger partial charge on any atom is 0.326 e. The Bertz CT molecular complexity index is 420. The number of carbonyl (C=O) groups is 1. The molecule has 0 radical (unpaired) electrons. The van der Waals surface area contributed by atoms with E-state index in [0.29, 0.717) is 17.8 Å². The molecule has 0 bridgehead atoms. The monoisotopic (exact) mass is 217 g/mol. The molecule has 0 saturated carbocycles. The first kappa shape index (κ1) is 11.7. The summed E-state index contributed by atoms with van der Waals surface area (Å²) in [6, 6.07) is 4.32. The maximum absolute atomic E-state index is 10.8. The van der Waals surface area contributed by atoms with Crippen molar-refractivity contribution in [3.8, 4) is 6.07 Å². The molecule has 1 aromatic heterocycles. The van der Waals surface area contributed by atoms with Crippen LogP contribution >= 0.6 is 0 Å². The van der Waals surface area contributed by atoms with Crippen LogP contribution in [-0.4, -0.2) is 22.1 Å². The highest BCUT2D eigenvalue weighted by atomic mass is 16.4. The summed E-state index contributed by atoms with van der Waals surface area (Å²) >= 11 is 0. The van der Waals surface area contributed by atoms with Gasteiger partial charge in [0.1, 0.15) is 17.9 Å². The van der Waals surface area contributed by atoms with E-state index in [1.54, 1.807) is 12.1 Å². The van der Waals surface area contributed by atoms with E-state index in [0.717, 1.165) is 0 Å². The summed E-state index contributed by atoms with van der Waals surface area (Å²) in [6.07, 6.45) is 3.21. The molecule has 1 heterocycles. The Labute approximate surface area is 93.0 Å². The molecule has 5 heteroatoms. The van der Waals surface area contributed by atoms with Crippen molar-refractivity contribution in [3.63, 3.8) is 0 Å². The zero-order valence-corrected chi connectivity index (χ0v) is 8.55. The van der Waals surface area contributed by atoms with Crippen molar-refractivity contribution in [2.24, 2.45) is 0 Å². The average molecular weight is 217 g/mol. The van der Waals surface area contributed by atoms with Crippen LogP contribution in [0.3, 0.4) is 0 Å². The fraction of sp³-hybridized carbons (Fsp3) is 0.182. The number of hydrogen-bond donors (Lipinski definition) is 2. The number of aromatic nitrogens is 1. The van der Waals surface area contributed by atoms with Gasteiger partial charge in [-0.2, -0.15) is 5.26 Å². The minimum Gasteiger partial charge on any atom is -0.480 e. The molecule has 0 fully saturated rings. The van der Waals surface area contributed by atoms with Crippen molar-refractivity contribution in [3.05, 3.63) is 36.5 Å². The first-order valence-corrected chi connectivity index (χ1v) is 4.63. The van der Waals surface area contributed by atoms with Crippen LogP contribution < -0.4 is 5.32 Å². The first-order chi connectivity index (χ1) is 7.67. The number of nitrogens with one attached hydrogen (secondary N) is 1. The first-order valence-electron chi connectivity index (χ1n) is 4.63. The van der Waals surface area contributed by atoms with Crippen molar-refractivity contribution in [2.45, 2.75) is 12.5 Å². The number of aliphatic carboxylic acids is 1. The smallest absolute Gasteiger partial charge is 0.326 e. The highest BCUT2D eigenvalue weighted by Gasteiger charge is 2.15. The lowest BCUT2D eigenvalue weighted by Crippen LogP contribution is -2.28. The number of pyridine rings is 1. The molecule has 0 spiro atoms. The number of carboxylic acids is 1. The van der Waals surface area contributed by atoms with Gasteiger partial charge in [-0.15, -0.1) is 6.58 Å². The number of nitrogens with zero attached hydrogens (tertiary/aromatic N) is 2. The lowest BCUT2D eigenvalue weighted by atomic mass is 10.2. The minimum atomic E-state index is -0.967. The molecule has 0 amide bonds. The summed E-state index contributed by atoms with van der Waals surface area (Å²) in [5.41, 5.74) is 0.432. The Morgan fingerprint density at radius 2 is 2.50 bits per heavy atom. The zero-order chi connectivity index (χ0) is 12.0. The second kappa shape index (κ2) is 5.51. The summed E-state index contributed by atoms with van der Waals surface area (Å²) in [7, 11) is 0. The van der Waals surface area contributed by atoms with Gasteiger partial charge in [0.05, 0.1) is 5.56 Å². The Balaban J connectivity index is 2.74. The van der Waals surface area contributed by atoms with Gasteiger partial charge in [0, 0.05) is 6.20 Å². The molecule has 1 unspecified atom stereocenters. The highest BCUT2D eigenvalue weighted by Crippen LogP contribution is 2.08. The van der Waals surface area contributed by atoms with Gasteiger partial charge in [-0.25, -0.2) is 9.78 Å². The van der Waals surface area contributed by atoms with Crippen LogP contribution in [0.25, 0.3) is 0 Å². The van der Waals surface area contributed by atoms with Gasteiger partial charge in [0.25, 0.3) is 0 Å². The van der Waals surface area contributed by atoms with Crippen LogP contribution in [0, 0.1) is 11.3 Å². The molecule has 0 aliphatic carbocycles. The quantitative estimate of drug-likeness (QED) is 0.728. The Morgan fingerprint density at radius 3 is 2.94 bits per heavy atom. The summed E-state index contributed by atoms with van der Waals surface area (Å²) in [6.45, 7) is 3.49. The van der Waals surface area contributed by atoms with Gasteiger partial charge < -0.3 is 10.4 Å². The summed E-state index contributed by atoms with van der Waals surface area (Å²) in [4.78, 5) is 14.7. The van der Waals surface area contributed by atoms with E-state index in [1.807, 2.05) is 6.07 Å². The number of nitriles is 1. The van der Waals surface area contributed by atoms with E-state index in [1.165, 1.54) is 12.3 Å². The number of rotatable bonds is 5. The van der Waals surface area contributed by atoms with Gasteiger partial charge >= 0.3 is 5.97 Å². The van der Waals surface area contributed by atoms with Gasteiger partial charge in [-0.05, 0) is 18.6 Å². The lowest BCUT2D eigenvalue weighted by molar-refractivity contribution is -0.137. The van der Waals surface area contributed by atoms with Gasteiger partial charge in [0.15, 0.2) is 0 Å². The van der Waals surface area contributed by atoms with E-state index in [9.17, 15) is 4.79 Å². The predicted octanol–water partition coefficient (Wildman–Crippen LogP) is 1.39. The largest absolute Gasteiger partial charge is 0.480 e. The van der Waals surface area contributed by atoms with Gasteiger partial charge in [-0.3, -0.25) is 0 Å². The Kier molecular flexibility index (Phi) is 4.04. The predicted molar refractivity (Wildman–Crippen MR) is 58.8 cm³/mol. The molecular formula is C11H11N3O2. The topological polar surface area (TPSA) is 86.0 Å². The Hall–Kier alpha value is -2.35. The van der Waals surface area contributed by atoms with Crippen molar-refractivity contribution in [1.82, 2.24) is 4.98 Å². The van der Waals surface area contributed by atoms with Crippen molar-refractivity contribution < 1.29 is 9.90 Å². The Morgan fingerprint density at radius 1 is 1.75 bits per heavy atom. The third-order valence-electron chi connectivity index (χ3n) is 1.92. The minimum absolute atomic E-state index is 0.303. The van der Waals surface area contributed by atoms with E-state index in [4.69, 9.17) is 10.4 Å². The molecule has 0 saturated heterocycles. The molecule has 0 aromatic carbocycles. The average Bonchev–Trinajstić information content (AvgIpc) is 2.29. The van der Waals surface area contributed by atoms with E-state index in [2.05, 4.69) is 16.9 Å². The fourth-order valence-corrected chi connectivity index (χ4v) is 1.11. The molecule has 0 aliphatic heterocycles. The van der Waals surface area contributed by atoms with Gasteiger partial charge in [-0.1, -0.05) is 6.08 Å². The standard InChI is InChI=1S/C11H11N3O2/c1-2-3-9(11(15)16)14-10-5-4-8(6-12)7-13-10/h2,4-5,7,9H,1,3H2,(H,13,14)(H,15,16). The summed E-state index contributed by atoms with van der Waals surface area (Å²) in [5, 5.41) is 20.2. The molecule has 1 aromatic rings. The number of anilines is 1. The molecule has 2 N–H and O–H groups in total. The molecule has 5 nitrogen and oxygen atoms in total. The van der Waals surface area contributed by atoms with Crippen molar-refractivity contribution in [1.29, 1.82) is 5.26 Å². The fourth-order valence-electron chi connectivity index (χ4n) is 1.11. The van der Waals surface area contributed by atoms with Crippen LogP contribution in [0.5, 0.6) is 0 Å². The molecule has 1 rings (SSSR count). The molecule has 16 heavy (non-hydrogen) atoms. The number of carboxylic acid groups (broad SMARTS) is 1. The normalized spacial score (nSPS) is 11.2. The molecule has 1 atom stereocenters. The summed E-state index contributed by atoms with van der Waals surface area (Å²) < 4.78 is 0. The second-order valence-electron chi connectivity index (χ2n) is 3.10. The third kappa shape index (κ3) is 3.10. The van der Waals surface area contributed by atoms with Crippen LogP contribution in [-0.2, 0) is 4.79 Å². The van der Waals surface area contributed by atoms with Crippen molar-refractivity contribution in [2.75, 3.05) is 5.32 Å². The maximum atomic E-state index is 10.8. The van der Waals surface area contributed by atoms with E-state index >= 15 is 0 Å². The van der Waals surface area contributed by atoms with Crippen LogP contribution in [0.2, 0.25) is 0 Å². The van der Waals surface area contributed by atoms with Crippen LogP contribution in [0.15, 0.2) is 31.0 Å². The SMILES string of the molecule is C=CCC(Nc1ccc(C#N)cn1)C(=O)O. The number of hydrogen-bond acceptors (Lipinski definition) is 4. The van der Waals surface area contributed by atoms with Crippen LogP contribution in [0.4, 0.5) is 5.82 Å². The molecule has 82 valence electrons. The lowest BCUT2D eigenvalue weighted by Gasteiger charge is -2.12. The molecular weight excluding hydrogens is 206 g/mol. The van der Waals surface area contributed by atoms with Crippen LogP contribution in [0.1, 0.15) is 12.0 Å². The second-order valence-corrected chi connectivity index (χ2v) is 3.10. The zero-order valence-electron chi connectivity index (χ0n) is 8.55. The van der Waals surface area contributed by atoms with E-state index < -0.39 is 12.0 Å². The van der Waals surface area contributed by atoms with Gasteiger partial charge in [0.2, 0.25) is 0 Å². The highest BCUT2D eigenvalue weighted by molar-refractivity contribution is 5.77.